The van der Waals surface area contributed by atoms with Gasteiger partial charge in [0.15, 0.2) is 0 Å². The standard InChI is InChI=1S/C15H22BrClO2/c1-8(2)5-10-12(7-17)14(18)11(6-9(3)4)13(16)15(10)19/h8-9,18-19H,5-7H2,1-4H3. The van der Waals surface area contributed by atoms with Crippen molar-refractivity contribution in [2.45, 2.75) is 46.4 Å². The molecule has 0 aromatic heterocycles. The van der Waals surface area contributed by atoms with Crippen molar-refractivity contribution in [1.29, 1.82) is 0 Å². The number of phenolic OH excluding ortho intramolecular Hbond substituents is 2. The fourth-order valence-electron chi connectivity index (χ4n) is 2.21. The van der Waals surface area contributed by atoms with Gasteiger partial charge in [-0.1, -0.05) is 27.7 Å². The van der Waals surface area contributed by atoms with E-state index in [1.165, 1.54) is 0 Å². The number of aromatic hydroxyl groups is 2. The van der Waals surface area contributed by atoms with Gasteiger partial charge in [0, 0.05) is 16.7 Å². The summed E-state index contributed by atoms with van der Waals surface area (Å²) in [7, 11) is 0. The van der Waals surface area contributed by atoms with Gasteiger partial charge in [-0.15, -0.1) is 11.6 Å². The van der Waals surface area contributed by atoms with E-state index in [9.17, 15) is 10.2 Å². The van der Waals surface area contributed by atoms with E-state index in [2.05, 4.69) is 43.6 Å². The van der Waals surface area contributed by atoms with Crippen molar-refractivity contribution in [3.63, 3.8) is 0 Å². The third-order valence-electron chi connectivity index (χ3n) is 3.05. The van der Waals surface area contributed by atoms with Crippen LogP contribution in [0.15, 0.2) is 4.47 Å². The second-order valence-corrected chi connectivity index (χ2v) is 6.84. The summed E-state index contributed by atoms with van der Waals surface area (Å²) < 4.78 is 0.600. The summed E-state index contributed by atoms with van der Waals surface area (Å²) in [5.41, 5.74) is 2.16. The van der Waals surface area contributed by atoms with Crippen molar-refractivity contribution in [1.82, 2.24) is 0 Å². The Morgan fingerprint density at radius 3 is 1.79 bits per heavy atom. The minimum atomic E-state index is 0.208. The molecular weight excluding hydrogens is 328 g/mol. The molecule has 0 fully saturated rings. The van der Waals surface area contributed by atoms with Crippen LogP contribution in [0.1, 0.15) is 44.4 Å². The first-order valence-electron chi connectivity index (χ1n) is 6.59. The van der Waals surface area contributed by atoms with Gasteiger partial charge in [-0.2, -0.15) is 0 Å². The summed E-state index contributed by atoms with van der Waals surface area (Å²) in [4.78, 5) is 0. The maximum atomic E-state index is 10.4. The molecule has 0 aliphatic heterocycles. The summed E-state index contributed by atoms with van der Waals surface area (Å²) in [5.74, 6) is 1.43. The van der Waals surface area contributed by atoms with E-state index in [0.29, 0.717) is 34.7 Å². The van der Waals surface area contributed by atoms with Crippen molar-refractivity contribution < 1.29 is 10.2 Å². The highest BCUT2D eigenvalue weighted by molar-refractivity contribution is 9.10. The van der Waals surface area contributed by atoms with E-state index in [0.717, 1.165) is 11.1 Å². The Kier molecular flexibility index (Phi) is 6.00. The number of hydrogen-bond donors (Lipinski definition) is 2. The summed E-state index contributed by atoms with van der Waals surface area (Å²) in [6.07, 6.45) is 1.40. The molecule has 2 nitrogen and oxygen atoms in total. The zero-order chi connectivity index (χ0) is 14.7. The summed E-state index contributed by atoms with van der Waals surface area (Å²) in [5, 5.41) is 20.8. The molecule has 1 aromatic carbocycles. The van der Waals surface area contributed by atoms with Crippen LogP contribution in [0.3, 0.4) is 0 Å². The first-order chi connectivity index (χ1) is 8.79. The normalized spacial score (nSPS) is 11.6. The quantitative estimate of drug-likeness (QED) is 0.580. The molecule has 0 radical (unpaired) electrons. The van der Waals surface area contributed by atoms with E-state index in [-0.39, 0.29) is 17.4 Å². The van der Waals surface area contributed by atoms with Gasteiger partial charge < -0.3 is 10.2 Å². The van der Waals surface area contributed by atoms with Crippen LogP contribution in [0.4, 0.5) is 0 Å². The largest absolute Gasteiger partial charge is 0.507 e. The zero-order valence-corrected chi connectivity index (χ0v) is 14.3. The lowest BCUT2D eigenvalue weighted by Gasteiger charge is -2.20. The van der Waals surface area contributed by atoms with Crippen molar-refractivity contribution in [3.05, 3.63) is 21.2 Å². The van der Waals surface area contributed by atoms with Crippen molar-refractivity contribution >= 4 is 27.5 Å². The topological polar surface area (TPSA) is 40.5 Å². The lowest BCUT2D eigenvalue weighted by molar-refractivity contribution is 0.433. The Morgan fingerprint density at radius 1 is 0.895 bits per heavy atom. The predicted molar refractivity (Wildman–Crippen MR) is 84.1 cm³/mol. The molecule has 0 unspecified atom stereocenters. The SMILES string of the molecule is CC(C)Cc1c(O)c(CCl)c(CC(C)C)c(O)c1Br. The van der Waals surface area contributed by atoms with Gasteiger partial charge >= 0.3 is 0 Å². The van der Waals surface area contributed by atoms with Crippen LogP contribution >= 0.6 is 27.5 Å². The van der Waals surface area contributed by atoms with E-state index >= 15 is 0 Å². The second kappa shape index (κ2) is 6.85. The average Bonchev–Trinajstić information content (AvgIpc) is 2.31. The van der Waals surface area contributed by atoms with Crippen molar-refractivity contribution in [2.75, 3.05) is 0 Å². The molecule has 0 aliphatic carbocycles. The zero-order valence-electron chi connectivity index (χ0n) is 11.9. The van der Waals surface area contributed by atoms with Crippen LogP contribution in [0, 0.1) is 11.8 Å². The van der Waals surface area contributed by atoms with Gasteiger partial charge in [-0.05, 0) is 40.6 Å². The lowest BCUT2D eigenvalue weighted by Crippen LogP contribution is -2.04. The molecule has 4 heteroatoms. The van der Waals surface area contributed by atoms with Crippen LogP contribution in [0.25, 0.3) is 0 Å². The number of phenols is 2. The minimum absolute atomic E-state index is 0.208. The second-order valence-electron chi connectivity index (χ2n) is 5.78. The van der Waals surface area contributed by atoms with Gasteiger partial charge in [-0.3, -0.25) is 0 Å². The summed E-state index contributed by atoms with van der Waals surface area (Å²) >= 11 is 9.38. The highest BCUT2D eigenvalue weighted by Gasteiger charge is 2.22. The molecule has 1 aromatic rings. The van der Waals surface area contributed by atoms with Gasteiger partial charge in [0.1, 0.15) is 11.5 Å². The number of rotatable bonds is 5. The van der Waals surface area contributed by atoms with E-state index in [4.69, 9.17) is 11.6 Å². The Balaban J connectivity index is 3.44. The van der Waals surface area contributed by atoms with Crippen LogP contribution in [-0.4, -0.2) is 10.2 Å². The molecule has 19 heavy (non-hydrogen) atoms. The monoisotopic (exact) mass is 348 g/mol. The summed E-state index contributed by atoms with van der Waals surface area (Å²) in [6.45, 7) is 8.30. The molecular formula is C15H22BrClO2. The van der Waals surface area contributed by atoms with Gasteiger partial charge in [0.05, 0.1) is 10.4 Å². The fourth-order valence-corrected chi connectivity index (χ4v) is 3.09. The van der Waals surface area contributed by atoms with Crippen LogP contribution < -0.4 is 0 Å². The molecule has 0 saturated heterocycles. The molecule has 2 N–H and O–H groups in total. The maximum Gasteiger partial charge on any atom is 0.133 e. The third kappa shape index (κ3) is 3.79. The van der Waals surface area contributed by atoms with E-state index in [1.807, 2.05) is 0 Å². The van der Waals surface area contributed by atoms with Crippen LogP contribution in [-0.2, 0) is 18.7 Å². The number of hydrogen-bond acceptors (Lipinski definition) is 2. The molecule has 0 bridgehead atoms. The Labute approximate surface area is 128 Å². The first kappa shape index (κ1) is 16.6. The highest BCUT2D eigenvalue weighted by Crippen LogP contribution is 2.43. The molecule has 1 rings (SSSR count). The Bertz CT molecular complexity index is 456. The molecule has 0 atom stereocenters. The maximum absolute atomic E-state index is 10.4. The summed E-state index contributed by atoms with van der Waals surface area (Å²) in [6, 6.07) is 0. The van der Waals surface area contributed by atoms with Crippen LogP contribution in [0.5, 0.6) is 11.5 Å². The smallest absolute Gasteiger partial charge is 0.133 e. The van der Waals surface area contributed by atoms with Gasteiger partial charge in [-0.25, -0.2) is 0 Å². The number of benzene rings is 1. The van der Waals surface area contributed by atoms with Crippen molar-refractivity contribution in [3.8, 4) is 11.5 Å². The average molecular weight is 350 g/mol. The fraction of sp³-hybridized carbons (Fsp3) is 0.600. The molecule has 108 valence electrons. The molecule has 0 amide bonds. The number of halogens is 2. The molecule has 0 spiro atoms. The number of alkyl halides is 1. The first-order valence-corrected chi connectivity index (χ1v) is 7.92. The predicted octanol–water partition coefficient (Wildman–Crippen LogP) is 5.00. The Morgan fingerprint density at radius 2 is 1.37 bits per heavy atom. The lowest BCUT2D eigenvalue weighted by atomic mass is 9.92. The molecule has 0 aliphatic rings. The van der Waals surface area contributed by atoms with E-state index in [1.54, 1.807) is 0 Å². The minimum Gasteiger partial charge on any atom is -0.507 e. The molecule has 0 saturated carbocycles. The van der Waals surface area contributed by atoms with Crippen LogP contribution in [0.2, 0.25) is 0 Å². The molecule has 0 heterocycles. The van der Waals surface area contributed by atoms with E-state index < -0.39 is 0 Å². The van der Waals surface area contributed by atoms with Crippen molar-refractivity contribution in [2.24, 2.45) is 11.8 Å². The van der Waals surface area contributed by atoms with Gasteiger partial charge in [0.2, 0.25) is 0 Å². The highest BCUT2D eigenvalue weighted by atomic mass is 79.9. The van der Waals surface area contributed by atoms with Gasteiger partial charge in [0.25, 0.3) is 0 Å². The third-order valence-corrected chi connectivity index (χ3v) is 4.17. The Hall–Kier alpha value is -0.410.